The van der Waals surface area contributed by atoms with Gasteiger partial charge < -0.3 is 15.6 Å². The molecule has 0 amide bonds. The fourth-order valence-corrected chi connectivity index (χ4v) is 4.97. The van der Waals surface area contributed by atoms with Crippen LogP contribution in [0, 0.1) is 10.8 Å². The molecule has 1 heterocycles. The Morgan fingerprint density at radius 3 is 1.95 bits per heavy atom. The lowest BCUT2D eigenvalue weighted by molar-refractivity contribution is -0.159. The van der Waals surface area contributed by atoms with Gasteiger partial charge in [0.2, 0.25) is 0 Å². The van der Waals surface area contributed by atoms with Gasteiger partial charge in [0, 0.05) is 25.2 Å². The lowest BCUT2D eigenvalue weighted by atomic mass is 9.57. The number of ether oxygens (including phenoxy) is 1. The Labute approximate surface area is 116 Å². The van der Waals surface area contributed by atoms with Crippen molar-refractivity contribution in [1.82, 2.24) is 0 Å². The summed E-state index contributed by atoms with van der Waals surface area (Å²) < 4.78 is 5.49. The van der Waals surface area contributed by atoms with E-state index in [2.05, 4.69) is 0 Å². The van der Waals surface area contributed by atoms with Crippen molar-refractivity contribution in [3.63, 3.8) is 0 Å². The van der Waals surface area contributed by atoms with Gasteiger partial charge in [-0.05, 0) is 56.8 Å². The molecule has 0 bridgehead atoms. The summed E-state index contributed by atoms with van der Waals surface area (Å²) in [5.41, 5.74) is 6.05. The minimum atomic E-state index is -0.528. The van der Waals surface area contributed by atoms with Crippen LogP contribution in [0.3, 0.4) is 0 Å². The van der Waals surface area contributed by atoms with Crippen molar-refractivity contribution < 1.29 is 9.84 Å². The average Bonchev–Trinajstić information content (AvgIpc) is 2.92. The largest absolute Gasteiger partial charge is 0.389 e. The summed E-state index contributed by atoms with van der Waals surface area (Å²) in [6.07, 6.45) is 11.8. The molecule has 3 nitrogen and oxygen atoms in total. The van der Waals surface area contributed by atoms with Crippen LogP contribution in [-0.4, -0.2) is 30.5 Å². The quantitative estimate of drug-likeness (QED) is 0.808. The summed E-state index contributed by atoms with van der Waals surface area (Å²) in [5, 5.41) is 11.3. The molecule has 1 aliphatic heterocycles. The van der Waals surface area contributed by atoms with Crippen LogP contribution in [0.2, 0.25) is 0 Å². The van der Waals surface area contributed by atoms with E-state index in [0.29, 0.717) is 12.0 Å². The van der Waals surface area contributed by atoms with Gasteiger partial charge in [0.25, 0.3) is 0 Å². The Morgan fingerprint density at radius 2 is 1.42 bits per heavy atom. The Balaban J connectivity index is 1.73. The molecule has 3 fully saturated rings. The Bertz CT molecular complexity index is 307. The number of hydrogen-bond donors (Lipinski definition) is 2. The fourth-order valence-electron chi connectivity index (χ4n) is 4.97. The minimum absolute atomic E-state index is 0.0779. The van der Waals surface area contributed by atoms with Crippen LogP contribution in [0.1, 0.15) is 64.2 Å². The molecule has 19 heavy (non-hydrogen) atoms. The molecule has 0 radical (unpaired) electrons. The van der Waals surface area contributed by atoms with E-state index in [1.807, 2.05) is 0 Å². The average molecular weight is 267 g/mol. The Kier molecular flexibility index (Phi) is 3.65. The van der Waals surface area contributed by atoms with Gasteiger partial charge in [-0.25, -0.2) is 0 Å². The SMILES string of the molecule is NCC1(C2(O)CCC3(CCCC3)CC2)CCOCC1. The molecule has 1 spiro atoms. The van der Waals surface area contributed by atoms with Gasteiger partial charge in [-0.1, -0.05) is 12.8 Å². The molecule has 3 rings (SSSR count). The highest BCUT2D eigenvalue weighted by atomic mass is 16.5. The first-order chi connectivity index (χ1) is 9.14. The first-order valence-electron chi connectivity index (χ1n) is 8.14. The van der Waals surface area contributed by atoms with Crippen LogP contribution in [0.15, 0.2) is 0 Å². The van der Waals surface area contributed by atoms with E-state index in [-0.39, 0.29) is 5.41 Å². The van der Waals surface area contributed by atoms with Crippen LogP contribution < -0.4 is 5.73 Å². The molecule has 3 N–H and O–H groups in total. The van der Waals surface area contributed by atoms with E-state index in [9.17, 15) is 5.11 Å². The fraction of sp³-hybridized carbons (Fsp3) is 1.00. The van der Waals surface area contributed by atoms with Crippen LogP contribution in [0.25, 0.3) is 0 Å². The molecule has 2 saturated carbocycles. The number of hydrogen-bond acceptors (Lipinski definition) is 3. The number of rotatable bonds is 2. The lowest BCUT2D eigenvalue weighted by Gasteiger charge is -2.54. The highest BCUT2D eigenvalue weighted by Crippen LogP contribution is 2.56. The summed E-state index contributed by atoms with van der Waals surface area (Å²) in [5.74, 6) is 0. The normalized spacial score (nSPS) is 32.5. The van der Waals surface area contributed by atoms with Gasteiger partial charge in [-0.15, -0.1) is 0 Å². The van der Waals surface area contributed by atoms with Crippen LogP contribution >= 0.6 is 0 Å². The highest BCUT2D eigenvalue weighted by molar-refractivity contribution is 5.05. The van der Waals surface area contributed by atoms with Gasteiger partial charge >= 0.3 is 0 Å². The molecule has 0 aromatic rings. The maximum absolute atomic E-state index is 11.3. The van der Waals surface area contributed by atoms with Crippen molar-refractivity contribution in [1.29, 1.82) is 0 Å². The maximum Gasteiger partial charge on any atom is 0.0717 e. The monoisotopic (exact) mass is 267 g/mol. The maximum atomic E-state index is 11.3. The first-order valence-corrected chi connectivity index (χ1v) is 8.14. The zero-order valence-corrected chi connectivity index (χ0v) is 12.1. The number of nitrogens with two attached hydrogens (primary N) is 1. The third kappa shape index (κ3) is 2.24. The standard InChI is InChI=1S/C16H29NO2/c17-13-15(9-11-19-12-10-15)16(18)7-5-14(6-8-16)3-1-2-4-14/h18H,1-13,17H2. The van der Waals surface area contributed by atoms with Crippen molar-refractivity contribution in [2.45, 2.75) is 69.8 Å². The van der Waals surface area contributed by atoms with Gasteiger partial charge in [0.15, 0.2) is 0 Å². The van der Waals surface area contributed by atoms with Gasteiger partial charge in [0.1, 0.15) is 0 Å². The van der Waals surface area contributed by atoms with Crippen LogP contribution in [-0.2, 0) is 4.74 Å². The van der Waals surface area contributed by atoms with E-state index < -0.39 is 5.60 Å². The molecule has 0 atom stereocenters. The third-order valence-electron chi connectivity index (χ3n) is 6.63. The van der Waals surface area contributed by atoms with E-state index in [1.54, 1.807) is 0 Å². The van der Waals surface area contributed by atoms with Crippen molar-refractivity contribution >= 4 is 0 Å². The second-order valence-electron chi connectivity index (χ2n) is 7.34. The zero-order valence-electron chi connectivity index (χ0n) is 12.1. The van der Waals surface area contributed by atoms with Crippen LogP contribution in [0.5, 0.6) is 0 Å². The second kappa shape index (κ2) is 5.01. The molecular formula is C16H29NO2. The van der Waals surface area contributed by atoms with E-state index in [4.69, 9.17) is 10.5 Å². The van der Waals surface area contributed by atoms with Gasteiger partial charge in [-0.2, -0.15) is 0 Å². The second-order valence-corrected chi connectivity index (χ2v) is 7.34. The Morgan fingerprint density at radius 1 is 0.842 bits per heavy atom. The van der Waals surface area contributed by atoms with Gasteiger partial charge in [0.05, 0.1) is 5.60 Å². The summed E-state index contributed by atoms with van der Waals surface area (Å²) in [4.78, 5) is 0. The molecule has 0 aromatic heterocycles. The molecule has 0 unspecified atom stereocenters. The topological polar surface area (TPSA) is 55.5 Å². The van der Waals surface area contributed by atoms with Crippen molar-refractivity contribution in [2.24, 2.45) is 16.6 Å². The van der Waals surface area contributed by atoms with Gasteiger partial charge in [-0.3, -0.25) is 0 Å². The molecule has 1 saturated heterocycles. The van der Waals surface area contributed by atoms with E-state index >= 15 is 0 Å². The van der Waals surface area contributed by atoms with Crippen LogP contribution in [0.4, 0.5) is 0 Å². The minimum Gasteiger partial charge on any atom is -0.389 e. The number of aliphatic hydroxyl groups is 1. The van der Waals surface area contributed by atoms with Crippen molar-refractivity contribution in [2.75, 3.05) is 19.8 Å². The van der Waals surface area contributed by atoms with Crippen molar-refractivity contribution in [3.8, 4) is 0 Å². The van der Waals surface area contributed by atoms with Crippen molar-refractivity contribution in [3.05, 3.63) is 0 Å². The molecule has 2 aliphatic carbocycles. The van der Waals surface area contributed by atoms with E-state index in [0.717, 1.165) is 38.9 Å². The highest BCUT2D eigenvalue weighted by Gasteiger charge is 2.53. The summed E-state index contributed by atoms with van der Waals surface area (Å²) >= 11 is 0. The van der Waals surface area contributed by atoms with E-state index in [1.165, 1.54) is 38.5 Å². The predicted molar refractivity (Wildman–Crippen MR) is 75.9 cm³/mol. The molecule has 3 heteroatoms. The molecule has 0 aromatic carbocycles. The molecular weight excluding hydrogens is 238 g/mol. The molecule has 110 valence electrons. The first kappa shape index (κ1) is 13.8. The predicted octanol–water partition coefficient (Wildman–Crippen LogP) is 2.61. The summed E-state index contributed by atoms with van der Waals surface area (Å²) in [7, 11) is 0. The smallest absolute Gasteiger partial charge is 0.0717 e. The zero-order chi connectivity index (χ0) is 13.4. The lowest BCUT2D eigenvalue weighted by Crippen LogP contribution is -2.57. The summed E-state index contributed by atoms with van der Waals surface area (Å²) in [6, 6.07) is 0. The Hall–Kier alpha value is -0.120. The molecule has 3 aliphatic rings. The summed E-state index contributed by atoms with van der Waals surface area (Å²) in [6.45, 7) is 2.15. The third-order valence-corrected chi connectivity index (χ3v) is 6.63.